The average Bonchev–Trinajstić information content (AvgIpc) is 3.30. The lowest BCUT2D eigenvalue weighted by molar-refractivity contribution is 0.318. The summed E-state index contributed by atoms with van der Waals surface area (Å²) in [7, 11) is 1.69. The summed E-state index contributed by atoms with van der Waals surface area (Å²) in [5.41, 5.74) is 12.5. The van der Waals surface area contributed by atoms with Gasteiger partial charge in [0, 0.05) is 30.6 Å². The van der Waals surface area contributed by atoms with E-state index in [1.54, 1.807) is 14.0 Å². The van der Waals surface area contributed by atoms with Crippen molar-refractivity contribution < 1.29 is 9.84 Å². The van der Waals surface area contributed by atoms with Gasteiger partial charge in [-0.3, -0.25) is 0 Å². The van der Waals surface area contributed by atoms with Gasteiger partial charge in [0.15, 0.2) is 5.82 Å². The van der Waals surface area contributed by atoms with Crippen LogP contribution in [0.1, 0.15) is 43.4 Å². The molecule has 0 unspecified atom stereocenters. The third kappa shape index (κ3) is 6.68. The second kappa shape index (κ2) is 14.0. The molecule has 5 N–H and O–H groups in total. The Morgan fingerprint density at radius 3 is 2.54 bits per heavy atom. The van der Waals surface area contributed by atoms with Crippen molar-refractivity contribution in [1.29, 1.82) is 5.26 Å². The fourth-order valence-electron chi connectivity index (χ4n) is 4.78. The van der Waals surface area contributed by atoms with Crippen LogP contribution in [0.4, 0.5) is 17.5 Å². The van der Waals surface area contributed by atoms with Crippen molar-refractivity contribution in [1.82, 2.24) is 14.5 Å². The van der Waals surface area contributed by atoms with Gasteiger partial charge in [0.05, 0.1) is 30.4 Å². The van der Waals surface area contributed by atoms with Gasteiger partial charge in [0.1, 0.15) is 22.9 Å². The average molecular weight is 552 g/mol. The van der Waals surface area contributed by atoms with E-state index >= 15 is 0 Å². The summed E-state index contributed by atoms with van der Waals surface area (Å²) in [6, 6.07) is 24.1. The Labute approximate surface area is 240 Å². The number of hydrogen-bond donors (Lipinski definition) is 4. The Hall–Kier alpha value is -4.81. The number of nitrogens with two attached hydrogens (primary N) is 1. The van der Waals surface area contributed by atoms with E-state index < -0.39 is 0 Å². The standard InChI is InChI=1S/C30H31N7O.C2H6O/c1-3-4-15-33-29-28-27(35-30(32)36-29)23-10-6-8-12-25(23)37(28)19-22-16-20(13-14-26(22)38-2)18-34-24-11-7-5-9-21(24)17-31;1-2-3/h5-14,16,34H,3-4,15,18-19H2,1-2H3,(H3,32,33,35,36);3H,2H2,1H3. The van der Waals surface area contributed by atoms with Gasteiger partial charge >= 0.3 is 0 Å². The topological polar surface area (TPSA) is 134 Å². The highest BCUT2D eigenvalue weighted by atomic mass is 16.5. The highest BCUT2D eigenvalue weighted by Crippen LogP contribution is 2.34. The van der Waals surface area contributed by atoms with Crippen molar-refractivity contribution in [2.75, 3.05) is 36.6 Å². The van der Waals surface area contributed by atoms with E-state index in [9.17, 15) is 5.26 Å². The third-order valence-electron chi connectivity index (χ3n) is 6.65. The van der Waals surface area contributed by atoms with Gasteiger partial charge in [-0.1, -0.05) is 49.7 Å². The van der Waals surface area contributed by atoms with Gasteiger partial charge in [0.25, 0.3) is 0 Å². The zero-order valence-electron chi connectivity index (χ0n) is 23.8. The number of ether oxygens (including phenoxy) is 1. The molecule has 212 valence electrons. The van der Waals surface area contributed by atoms with Gasteiger partial charge < -0.3 is 30.8 Å². The number of hydrogen-bond acceptors (Lipinski definition) is 8. The number of para-hydroxylation sites is 2. The van der Waals surface area contributed by atoms with Gasteiger partial charge in [-0.25, -0.2) is 4.98 Å². The molecule has 0 fully saturated rings. The maximum absolute atomic E-state index is 9.42. The molecule has 0 atom stereocenters. The molecule has 0 radical (unpaired) electrons. The van der Waals surface area contributed by atoms with E-state index in [0.29, 0.717) is 18.7 Å². The molecule has 41 heavy (non-hydrogen) atoms. The van der Waals surface area contributed by atoms with E-state index in [-0.39, 0.29) is 12.6 Å². The molecule has 0 saturated heterocycles. The van der Waals surface area contributed by atoms with Crippen molar-refractivity contribution in [2.45, 2.75) is 39.8 Å². The fraction of sp³-hybridized carbons (Fsp3) is 0.281. The van der Waals surface area contributed by atoms with Gasteiger partial charge in [-0.05, 0) is 49.2 Å². The summed E-state index contributed by atoms with van der Waals surface area (Å²) in [5, 5.41) is 24.9. The minimum Gasteiger partial charge on any atom is -0.496 e. The van der Waals surface area contributed by atoms with E-state index in [1.165, 1.54) is 0 Å². The highest BCUT2D eigenvalue weighted by molar-refractivity contribution is 6.09. The van der Waals surface area contributed by atoms with E-state index in [0.717, 1.165) is 69.7 Å². The number of aliphatic hydroxyl groups is 1. The Balaban J connectivity index is 0.00000124. The number of fused-ring (bicyclic) bond motifs is 3. The first-order chi connectivity index (χ1) is 20.0. The Morgan fingerprint density at radius 1 is 1.02 bits per heavy atom. The number of nitrogen functional groups attached to an aromatic ring is 1. The maximum atomic E-state index is 9.42. The summed E-state index contributed by atoms with van der Waals surface area (Å²) in [6.07, 6.45) is 2.11. The van der Waals surface area contributed by atoms with Gasteiger partial charge in [-0.15, -0.1) is 0 Å². The predicted molar refractivity (Wildman–Crippen MR) is 166 cm³/mol. The van der Waals surface area contributed by atoms with E-state index in [1.807, 2.05) is 48.5 Å². The number of methoxy groups -OCH3 is 1. The molecule has 0 aliphatic heterocycles. The number of nitrogens with one attached hydrogen (secondary N) is 2. The molecule has 5 rings (SSSR count). The van der Waals surface area contributed by atoms with Crippen LogP contribution in [0.25, 0.3) is 21.9 Å². The summed E-state index contributed by atoms with van der Waals surface area (Å²) >= 11 is 0. The number of aromatic nitrogens is 3. The zero-order chi connectivity index (χ0) is 29.2. The van der Waals surface area contributed by atoms with Crippen LogP contribution in [0.2, 0.25) is 0 Å². The Bertz CT molecular complexity index is 1660. The molecule has 5 aromatic rings. The van der Waals surface area contributed by atoms with Crippen LogP contribution >= 0.6 is 0 Å². The minimum atomic E-state index is 0.250. The number of nitrogens with zero attached hydrogens (tertiary/aromatic N) is 4. The largest absolute Gasteiger partial charge is 0.496 e. The Kier molecular flexibility index (Phi) is 9.97. The molecule has 0 amide bonds. The molecule has 0 aliphatic carbocycles. The molecule has 0 spiro atoms. The van der Waals surface area contributed by atoms with Crippen LogP contribution in [0, 0.1) is 11.3 Å². The van der Waals surface area contributed by atoms with Crippen molar-refractivity contribution in [3.63, 3.8) is 0 Å². The summed E-state index contributed by atoms with van der Waals surface area (Å²) in [4.78, 5) is 9.21. The monoisotopic (exact) mass is 551 g/mol. The molecule has 9 nitrogen and oxygen atoms in total. The third-order valence-corrected chi connectivity index (χ3v) is 6.65. The van der Waals surface area contributed by atoms with Crippen molar-refractivity contribution in [3.8, 4) is 11.8 Å². The van der Waals surface area contributed by atoms with E-state index in [2.05, 4.69) is 56.4 Å². The Morgan fingerprint density at radius 2 is 1.78 bits per heavy atom. The molecule has 0 aliphatic rings. The highest BCUT2D eigenvalue weighted by Gasteiger charge is 2.19. The predicted octanol–water partition coefficient (Wildman–Crippen LogP) is 5.92. The summed E-state index contributed by atoms with van der Waals surface area (Å²) in [5.74, 6) is 1.79. The number of anilines is 3. The second-order valence-electron chi connectivity index (χ2n) is 9.48. The molecular weight excluding hydrogens is 514 g/mol. The van der Waals surface area contributed by atoms with Crippen LogP contribution < -0.4 is 21.1 Å². The summed E-state index contributed by atoms with van der Waals surface area (Å²) < 4.78 is 7.99. The van der Waals surface area contributed by atoms with Crippen molar-refractivity contribution in [3.05, 3.63) is 83.4 Å². The first-order valence-corrected chi connectivity index (χ1v) is 13.8. The van der Waals surface area contributed by atoms with Crippen LogP contribution in [0.5, 0.6) is 5.75 Å². The van der Waals surface area contributed by atoms with Gasteiger partial charge in [0.2, 0.25) is 5.95 Å². The number of unbranched alkanes of at least 4 members (excludes halogenated alkanes) is 1. The second-order valence-corrected chi connectivity index (χ2v) is 9.48. The molecular formula is C32H37N7O2. The normalized spacial score (nSPS) is 10.6. The number of aliphatic hydroxyl groups excluding tert-OH is 1. The lowest BCUT2D eigenvalue weighted by atomic mass is 10.1. The first kappa shape index (κ1) is 29.2. The molecule has 0 saturated carbocycles. The zero-order valence-corrected chi connectivity index (χ0v) is 23.8. The quantitative estimate of drug-likeness (QED) is 0.157. The lowest BCUT2D eigenvalue weighted by Crippen LogP contribution is -2.10. The first-order valence-electron chi connectivity index (χ1n) is 13.8. The number of nitriles is 1. The SMILES string of the molecule is CCCCNc1nc(N)nc2c3ccccc3n(Cc3cc(CNc4ccccc4C#N)ccc3OC)c12.CCO. The molecule has 2 heterocycles. The fourth-order valence-corrected chi connectivity index (χ4v) is 4.78. The van der Waals surface area contributed by atoms with Gasteiger partial charge in [-0.2, -0.15) is 10.2 Å². The maximum Gasteiger partial charge on any atom is 0.222 e. The number of benzene rings is 3. The number of rotatable bonds is 10. The van der Waals surface area contributed by atoms with Crippen molar-refractivity contribution >= 4 is 39.4 Å². The smallest absolute Gasteiger partial charge is 0.222 e. The lowest BCUT2D eigenvalue weighted by Gasteiger charge is -2.16. The van der Waals surface area contributed by atoms with Crippen LogP contribution in [0.3, 0.4) is 0 Å². The van der Waals surface area contributed by atoms with Crippen LogP contribution in [-0.4, -0.2) is 39.9 Å². The molecule has 0 bridgehead atoms. The minimum absolute atomic E-state index is 0.250. The van der Waals surface area contributed by atoms with E-state index in [4.69, 9.17) is 15.6 Å². The molecule has 3 aromatic carbocycles. The van der Waals surface area contributed by atoms with Crippen LogP contribution in [-0.2, 0) is 13.1 Å². The molecule has 9 heteroatoms. The van der Waals surface area contributed by atoms with Crippen molar-refractivity contribution in [2.24, 2.45) is 0 Å². The molecule has 2 aromatic heterocycles. The van der Waals surface area contributed by atoms with Crippen LogP contribution in [0.15, 0.2) is 66.7 Å². The summed E-state index contributed by atoms with van der Waals surface area (Å²) in [6.45, 7) is 6.03.